The standard InChI is InChI=1S/C15H7NO8S/c17-5-16-10-8-9(13(20)15(14(10)21)25(22,23)24)12(19)7-4-2-1-3-6(7)11(8)18/h1-4,20-21H,(H,22,23,24). The Morgan fingerprint density at radius 3 is 1.92 bits per heavy atom. The molecule has 0 bridgehead atoms. The number of fused-ring (bicyclic) bond motifs is 2. The van der Waals surface area contributed by atoms with Crippen molar-refractivity contribution in [3.05, 3.63) is 46.5 Å². The molecule has 1 aliphatic rings. The number of aromatic hydroxyl groups is 2. The van der Waals surface area contributed by atoms with Crippen molar-refractivity contribution in [3.8, 4) is 11.5 Å². The Hall–Kier alpha value is -3.33. The maximum Gasteiger partial charge on any atom is 0.302 e. The van der Waals surface area contributed by atoms with E-state index in [0.29, 0.717) is 0 Å². The van der Waals surface area contributed by atoms with Gasteiger partial charge in [-0.1, -0.05) is 24.3 Å². The van der Waals surface area contributed by atoms with Gasteiger partial charge in [0, 0.05) is 11.1 Å². The van der Waals surface area contributed by atoms with Crippen molar-refractivity contribution in [1.29, 1.82) is 0 Å². The van der Waals surface area contributed by atoms with Crippen LogP contribution in [0.15, 0.2) is 34.2 Å². The predicted octanol–water partition coefficient (Wildman–Crippen LogP) is 1.09. The van der Waals surface area contributed by atoms with Crippen molar-refractivity contribution in [3.63, 3.8) is 0 Å². The first-order chi connectivity index (χ1) is 11.7. The molecule has 3 N–H and O–H groups in total. The van der Waals surface area contributed by atoms with Gasteiger partial charge in [0.1, 0.15) is 5.69 Å². The third-order valence-corrected chi connectivity index (χ3v) is 4.57. The van der Waals surface area contributed by atoms with E-state index in [-0.39, 0.29) is 11.1 Å². The van der Waals surface area contributed by atoms with E-state index in [9.17, 15) is 37.6 Å². The average Bonchev–Trinajstić information content (AvgIpc) is 2.54. The Kier molecular flexibility index (Phi) is 3.54. The van der Waals surface area contributed by atoms with Crippen LogP contribution in [-0.4, -0.2) is 40.8 Å². The molecule has 9 nitrogen and oxygen atoms in total. The van der Waals surface area contributed by atoms with Crippen LogP contribution in [-0.2, 0) is 14.9 Å². The van der Waals surface area contributed by atoms with Gasteiger partial charge in [-0.25, -0.2) is 4.79 Å². The number of isocyanates is 1. The van der Waals surface area contributed by atoms with Gasteiger partial charge >= 0.3 is 10.1 Å². The van der Waals surface area contributed by atoms with Crippen LogP contribution in [0.25, 0.3) is 0 Å². The molecule has 0 saturated carbocycles. The molecule has 2 aromatic rings. The third kappa shape index (κ3) is 2.24. The van der Waals surface area contributed by atoms with E-state index < -0.39 is 54.9 Å². The summed E-state index contributed by atoms with van der Waals surface area (Å²) in [6, 6.07) is 5.49. The normalized spacial score (nSPS) is 13.0. The fraction of sp³-hybridized carbons (Fsp3) is 0. The minimum Gasteiger partial charge on any atom is -0.506 e. The van der Waals surface area contributed by atoms with Crippen molar-refractivity contribution >= 4 is 33.5 Å². The molecule has 0 spiro atoms. The van der Waals surface area contributed by atoms with Crippen LogP contribution in [0, 0.1) is 0 Å². The summed E-state index contributed by atoms with van der Waals surface area (Å²) in [5.41, 5.74) is -2.54. The molecule has 0 amide bonds. The first-order valence-corrected chi connectivity index (χ1v) is 7.99. The molecule has 0 radical (unpaired) electrons. The minimum atomic E-state index is -5.21. The maximum absolute atomic E-state index is 12.6. The number of ketones is 2. The number of aliphatic imine (C=N–C) groups is 1. The molecule has 0 saturated heterocycles. The molecular weight excluding hydrogens is 354 g/mol. The summed E-state index contributed by atoms with van der Waals surface area (Å²) < 4.78 is 32.1. The Balaban J connectivity index is 2.57. The zero-order valence-corrected chi connectivity index (χ0v) is 12.9. The van der Waals surface area contributed by atoms with Gasteiger partial charge in [-0.2, -0.15) is 13.4 Å². The van der Waals surface area contributed by atoms with Crippen molar-refractivity contribution in [2.45, 2.75) is 4.90 Å². The van der Waals surface area contributed by atoms with E-state index in [4.69, 9.17) is 0 Å². The van der Waals surface area contributed by atoms with Crippen LogP contribution in [0.1, 0.15) is 31.8 Å². The van der Waals surface area contributed by atoms with Gasteiger partial charge in [-0.15, -0.1) is 0 Å². The maximum atomic E-state index is 12.6. The number of hydrogen-bond donors (Lipinski definition) is 3. The Labute approximate surface area is 139 Å². The number of hydrogen-bond acceptors (Lipinski definition) is 8. The summed E-state index contributed by atoms with van der Waals surface area (Å²) in [6.45, 7) is 0. The summed E-state index contributed by atoms with van der Waals surface area (Å²) >= 11 is 0. The predicted molar refractivity (Wildman–Crippen MR) is 80.7 cm³/mol. The zero-order valence-electron chi connectivity index (χ0n) is 12.0. The molecule has 126 valence electrons. The van der Waals surface area contributed by atoms with Gasteiger partial charge in [0.15, 0.2) is 28.0 Å². The molecule has 0 fully saturated rings. The van der Waals surface area contributed by atoms with Crippen LogP contribution in [0.5, 0.6) is 11.5 Å². The average molecular weight is 361 g/mol. The second-order valence-corrected chi connectivity index (χ2v) is 6.37. The number of carbonyl (C=O) groups is 2. The van der Waals surface area contributed by atoms with E-state index in [0.717, 1.165) is 6.08 Å². The highest BCUT2D eigenvalue weighted by molar-refractivity contribution is 7.86. The Morgan fingerprint density at radius 2 is 1.44 bits per heavy atom. The van der Waals surface area contributed by atoms with Crippen molar-refractivity contribution < 1.29 is 37.6 Å². The Bertz CT molecular complexity index is 1130. The summed E-state index contributed by atoms with van der Waals surface area (Å²) in [5, 5.41) is 20.2. The van der Waals surface area contributed by atoms with Crippen molar-refractivity contribution in [1.82, 2.24) is 0 Å². The third-order valence-electron chi connectivity index (χ3n) is 3.66. The molecule has 1 aliphatic carbocycles. The van der Waals surface area contributed by atoms with Crippen molar-refractivity contribution in [2.75, 3.05) is 0 Å². The van der Waals surface area contributed by atoms with Crippen LogP contribution in [0.2, 0.25) is 0 Å². The lowest BCUT2D eigenvalue weighted by Crippen LogP contribution is -2.22. The van der Waals surface area contributed by atoms with E-state index in [1.54, 1.807) is 0 Å². The highest BCUT2D eigenvalue weighted by atomic mass is 32.2. The fourth-order valence-electron chi connectivity index (χ4n) is 2.68. The SMILES string of the molecule is O=C=Nc1c(O)c(S(=O)(=O)O)c(O)c2c1C(=O)c1ccccc1C2=O. The van der Waals surface area contributed by atoms with E-state index >= 15 is 0 Å². The topological polar surface area (TPSA) is 158 Å². The van der Waals surface area contributed by atoms with Gasteiger partial charge < -0.3 is 10.2 Å². The smallest absolute Gasteiger partial charge is 0.302 e. The highest BCUT2D eigenvalue weighted by Crippen LogP contribution is 2.48. The first kappa shape index (κ1) is 16.5. The molecule has 25 heavy (non-hydrogen) atoms. The zero-order chi connectivity index (χ0) is 18.5. The highest BCUT2D eigenvalue weighted by Gasteiger charge is 2.40. The second-order valence-electron chi connectivity index (χ2n) is 5.01. The molecule has 0 heterocycles. The number of benzene rings is 2. The lowest BCUT2D eigenvalue weighted by molar-refractivity contribution is 0.0976. The van der Waals surface area contributed by atoms with Gasteiger partial charge in [-0.05, 0) is 0 Å². The van der Waals surface area contributed by atoms with E-state index in [2.05, 4.69) is 4.99 Å². The minimum absolute atomic E-state index is 0.0826. The summed E-state index contributed by atoms with van der Waals surface area (Å²) in [5.74, 6) is -4.46. The molecule has 0 aliphatic heterocycles. The largest absolute Gasteiger partial charge is 0.506 e. The second kappa shape index (κ2) is 5.35. The van der Waals surface area contributed by atoms with Crippen LogP contribution in [0.4, 0.5) is 5.69 Å². The van der Waals surface area contributed by atoms with E-state index in [1.807, 2.05) is 0 Å². The molecular formula is C15H7NO8S. The quantitative estimate of drug-likeness (QED) is 0.347. The van der Waals surface area contributed by atoms with Crippen molar-refractivity contribution in [2.24, 2.45) is 4.99 Å². The lowest BCUT2D eigenvalue weighted by atomic mass is 9.82. The van der Waals surface area contributed by atoms with Crippen LogP contribution in [0.3, 0.4) is 0 Å². The lowest BCUT2D eigenvalue weighted by Gasteiger charge is -2.21. The monoisotopic (exact) mass is 361 g/mol. The van der Waals surface area contributed by atoms with Gasteiger partial charge in [0.2, 0.25) is 6.08 Å². The molecule has 0 unspecified atom stereocenters. The molecule has 3 rings (SSSR count). The Morgan fingerprint density at radius 1 is 0.920 bits per heavy atom. The van der Waals surface area contributed by atoms with Crippen LogP contribution < -0.4 is 0 Å². The number of rotatable bonds is 2. The van der Waals surface area contributed by atoms with Gasteiger partial charge in [0.25, 0.3) is 0 Å². The number of nitrogens with zero attached hydrogens (tertiary/aromatic N) is 1. The first-order valence-electron chi connectivity index (χ1n) is 6.55. The number of carbonyl (C=O) groups excluding carboxylic acids is 3. The molecule has 2 aromatic carbocycles. The van der Waals surface area contributed by atoms with Gasteiger partial charge in [-0.3, -0.25) is 14.1 Å². The summed E-state index contributed by atoms with van der Waals surface area (Å²) in [7, 11) is -5.21. The molecule has 0 atom stereocenters. The fourth-order valence-corrected chi connectivity index (χ4v) is 3.37. The molecule has 0 aromatic heterocycles. The number of phenols is 2. The summed E-state index contributed by atoms with van der Waals surface area (Å²) in [4.78, 5) is 37.5. The van der Waals surface area contributed by atoms with Crippen LogP contribution >= 0.6 is 0 Å². The molecule has 10 heteroatoms. The van der Waals surface area contributed by atoms with E-state index in [1.165, 1.54) is 24.3 Å². The number of phenolic OH excluding ortho intramolecular Hbond substituents is 2. The van der Waals surface area contributed by atoms with Gasteiger partial charge in [0.05, 0.1) is 11.1 Å². The summed E-state index contributed by atoms with van der Waals surface area (Å²) in [6.07, 6.45) is 1.03.